The summed E-state index contributed by atoms with van der Waals surface area (Å²) in [7, 11) is 1.68. The van der Waals surface area contributed by atoms with Crippen LogP contribution in [0.5, 0.6) is 0 Å². The molecule has 0 saturated carbocycles. The van der Waals surface area contributed by atoms with Gasteiger partial charge >= 0.3 is 0 Å². The number of nitrogens with two attached hydrogens (primary N) is 1. The molecule has 4 nitrogen and oxygen atoms in total. The minimum Gasteiger partial charge on any atom is -0.394 e. The third-order valence-corrected chi connectivity index (χ3v) is 2.05. The molecule has 0 aromatic heterocycles. The molecule has 0 aliphatic carbocycles. The van der Waals surface area contributed by atoms with Crippen molar-refractivity contribution in [3.63, 3.8) is 0 Å². The molecule has 12 heavy (non-hydrogen) atoms. The Hall–Kier alpha value is -0.610. The van der Waals surface area contributed by atoms with E-state index < -0.39 is 0 Å². The first-order valence-corrected chi connectivity index (χ1v) is 4.12. The molecule has 0 aromatic carbocycles. The van der Waals surface area contributed by atoms with Crippen molar-refractivity contribution in [2.45, 2.75) is 19.9 Å². The first-order valence-electron chi connectivity index (χ1n) is 4.12. The summed E-state index contributed by atoms with van der Waals surface area (Å²) in [6.45, 7) is 3.91. The average Bonchev–Trinajstić information content (AvgIpc) is 2.12. The molecule has 4 heteroatoms. The molecule has 0 fully saturated rings. The van der Waals surface area contributed by atoms with Gasteiger partial charge in [-0.2, -0.15) is 0 Å². The smallest absolute Gasteiger partial charge is 0.226 e. The second-order valence-electron chi connectivity index (χ2n) is 3.12. The van der Waals surface area contributed by atoms with Crippen molar-refractivity contribution in [3.8, 4) is 0 Å². The van der Waals surface area contributed by atoms with Crippen LogP contribution in [0.4, 0.5) is 0 Å². The van der Waals surface area contributed by atoms with E-state index in [1.165, 1.54) is 4.90 Å². The van der Waals surface area contributed by atoms with Crippen LogP contribution in [0.3, 0.4) is 0 Å². The lowest BCUT2D eigenvalue weighted by molar-refractivity contribution is -0.135. The third kappa shape index (κ3) is 2.79. The highest BCUT2D eigenvalue weighted by atomic mass is 16.3. The Morgan fingerprint density at radius 3 is 2.42 bits per heavy atom. The van der Waals surface area contributed by atoms with Gasteiger partial charge in [0, 0.05) is 19.5 Å². The first kappa shape index (κ1) is 11.4. The molecule has 0 spiro atoms. The highest BCUT2D eigenvalue weighted by molar-refractivity contribution is 5.78. The van der Waals surface area contributed by atoms with Crippen molar-refractivity contribution >= 4 is 5.91 Å². The van der Waals surface area contributed by atoms with E-state index in [0.29, 0.717) is 6.54 Å². The number of rotatable bonds is 4. The Labute approximate surface area is 73.3 Å². The zero-order chi connectivity index (χ0) is 9.72. The molecule has 0 radical (unpaired) electrons. The van der Waals surface area contributed by atoms with Gasteiger partial charge in [0.1, 0.15) is 0 Å². The van der Waals surface area contributed by atoms with Gasteiger partial charge in [0.15, 0.2) is 0 Å². The van der Waals surface area contributed by atoms with Gasteiger partial charge in [0.25, 0.3) is 0 Å². The second kappa shape index (κ2) is 5.11. The molecule has 0 heterocycles. The fraction of sp³-hybridized carbons (Fsp3) is 0.875. The maximum atomic E-state index is 11.4. The number of nitrogens with zero attached hydrogens (tertiary/aromatic N) is 1. The van der Waals surface area contributed by atoms with Crippen molar-refractivity contribution in [1.29, 1.82) is 0 Å². The Bertz CT molecular complexity index is 150. The van der Waals surface area contributed by atoms with Gasteiger partial charge in [-0.1, -0.05) is 6.92 Å². The molecule has 0 saturated heterocycles. The van der Waals surface area contributed by atoms with Gasteiger partial charge in [-0.15, -0.1) is 0 Å². The summed E-state index contributed by atoms with van der Waals surface area (Å²) >= 11 is 0. The molecule has 0 rings (SSSR count). The van der Waals surface area contributed by atoms with E-state index in [1.54, 1.807) is 20.9 Å². The second-order valence-corrected chi connectivity index (χ2v) is 3.12. The summed E-state index contributed by atoms with van der Waals surface area (Å²) in [5, 5.41) is 8.78. The van der Waals surface area contributed by atoms with Crippen LogP contribution in [0.25, 0.3) is 0 Å². The summed E-state index contributed by atoms with van der Waals surface area (Å²) in [6, 6.07) is -0.133. The summed E-state index contributed by atoms with van der Waals surface area (Å²) in [6.07, 6.45) is 0. The number of amides is 1. The monoisotopic (exact) mass is 174 g/mol. The Morgan fingerprint density at radius 2 is 2.08 bits per heavy atom. The zero-order valence-corrected chi connectivity index (χ0v) is 7.95. The number of aliphatic hydroxyl groups is 1. The van der Waals surface area contributed by atoms with E-state index in [-0.39, 0.29) is 24.5 Å². The van der Waals surface area contributed by atoms with Crippen LogP contribution in [0.2, 0.25) is 0 Å². The van der Waals surface area contributed by atoms with E-state index >= 15 is 0 Å². The van der Waals surface area contributed by atoms with E-state index in [2.05, 4.69) is 0 Å². The molecule has 1 amide bonds. The molecule has 72 valence electrons. The topological polar surface area (TPSA) is 66.6 Å². The zero-order valence-electron chi connectivity index (χ0n) is 7.95. The normalized spacial score (nSPS) is 15.4. The van der Waals surface area contributed by atoms with Crippen LogP contribution in [-0.4, -0.2) is 42.2 Å². The van der Waals surface area contributed by atoms with Crippen LogP contribution in [0.1, 0.15) is 13.8 Å². The number of carbonyl (C=O) groups excluding carboxylic acids is 1. The fourth-order valence-electron chi connectivity index (χ4n) is 0.788. The van der Waals surface area contributed by atoms with E-state index in [9.17, 15) is 4.79 Å². The van der Waals surface area contributed by atoms with Crippen molar-refractivity contribution in [1.82, 2.24) is 4.90 Å². The van der Waals surface area contributed by atoms with Crippen LogP contribution in [0, 0.1) is 5.92 Å². The molecule has 2 atom stereocenters. The predicted molar refractivity (Wildman–Crippen MR) is 47.5 cm³/mol. The van der Waals surface area contributed by atoms with Gasteiger partial charge in [0.2, 0.25) is 5.91 Å². The minimum atomic E-state index is -0.163. The third-order valence-electron chi connectivity index (χ3n) is 2.05. The summed E-state index contributed by atoms with van der Waals surface area (Å²) in [5.41, 5.74) is 5.34. The minimum absolute atomic E-state index is 0.0144. The first-order chi connectivity index (χ1) is 5.54. The maximum Gasteiger partial charge on any atom is 0.226 e. The highest BCUT2D eigenvalue weighted by Gasteiger charge is 2.19. The van der Waals surface area contributed by atoms with Crippen LogP contribution < -0.4 is 5.73 Å². The van der Waals surface area contributed by atoms with Crippen LogP contribution >= 0.6 is 0 Å². The largest absolute Gasteiger partial charge is 0.394 e. The van der Waals surface area contributed by atoms with Crippen LogP contribution in [0.15, 0.2) is 0 Å². The number of carbonyl (C=O) groups is 1. The molecule has 3 N–H and O–H groups in total. The quantitative estimate of drug-likeness (QED) is 0.599. The molecule has 2 unspecified atom stereocenters. The molecule has 0 aromatic rings. The maximum absolute atomic E-state index is 11.4. The lowest BCUT2D eigenvalue weighted by Crippen LogP contribution is -2.42. The van der Waals surface area contributed by atoms with Crippen molar-refractivity contribution in [2.75, 3.05) is 20.2 Å². The fourth-order valence-corrected chi connectivity index (χ4v) is 0.788. The summed E-state index contributed by atoms with van der Waals surface area (Å²) < 4.78 is 0. The molecular weight excluding hydrogens is 156 g/mol. The molecule has 0 aliphatic heterocycles. The van der Waals surface area contributed by atoms with E-state index in [0.717, 1.165) is 0 Å². The average molecular weight is 174 g/mol. The Balaban J connectivity index is 4.09. The molecular formula is C8H18N2O2. The lowest BCUT2D eigenvalue weighted by Gasteiger charge is -2.25. The van der Waals surface area contributed by atoms with E-state index in [1.807, 2.05) is 0 Å². The van der Waals surface area contributed by atoms with Gasteiger partial charge in [-0.3, -0.25) is 4.79 Å². The van der Waals surface area contributed by atoms with Gasteiger partial charge in [-0.25, -0.2) is 0 Å². The Kier molecular flexibility index (Phi) is 4.85. The van der Waals surface area contributed by atoms with Crippen molar-refractivity contribution in [3.05, 3.63) is 0 Å². The summed E-state index contributed by atoms with van der Waals surface area (Å²) in [5.74, 6) is -0.178. The van der Waals surface area contributed by atoms with Crippen molar-refractivity contribution < 1.29 is 9.90 Å². The number of hydrogen-bond donors (Lipinski definition) is 2. The highest BCUT2D eigenvalue weighted by Crippen LogP contribution is 2.02. The van der Waals surface area contributed by atoms with Crippen LogP contribution in [-0.2, 0) is 4.79 Å². The van der Waals surface area contributed by atoms with Gasteiger partial charge in [-0.05, 0) is 6.92 Å². The lowest BCUT2D eigenvalue weighted by atomic mass is 10.1. The standard InChI is InChI=1S/C8H18N2O2/c1-6(4-9)8(12)10(3)7(2)5-11/h6-7,11H,4-5,9H2,1-3H3. The molecule has 0 bridgehead atoms. The number of aliphatic hydroxyl groups excluding tert-OH is 1. The molecule has 0 aliphatic rings. The number of likely N-dealkylation sites (N-methyl/N-ethyl adjacent to an activating group) is 1. The Morgan fingerprint density at radius 1 is 1.58 bits per heavy atom. The van der Waals surface area contributed by atoms with Gasteiger partial charge < -0.3 is 15.7 Å². The van der Waals surface area contributed by atoms with Crippen molar-refractivity contribution in [2.24, 2.45) is 11.7 Å². The summed E-state index contributed by atoms with van der Waals surface area (Å²) in [4.78, 5) is 12.9. The van der Waals surface area contributed by atoms with E-state index in [4.69, 9.17) is 10.8 Å². The SMILES string of the molecule is CC(CN)C(=O)N(C)C(C)CO. The van der Waals surface area contributed by atoms with Gasteiger partial charge in [0.05, 0.1) is 12.6 Å². The number of hydrogen-bond acceptors (Lipinski definition) is 3. The predicted octanol–water partition coefficient (Wildman–Crippen LogP) is -0.580.